The van der Waals surface area contributed by atoms with Gasteiger partial charge in [0.05, 0.1) is 0 Å². The second kappa shape index (κ2) is 4.40. The highest BCUT2D eigenvalue weighted by Crippen LogP contribution is 2.33. The van der Waals surface area contributed by atoms with Crippen LogP contribution in [0.5, 0.6) is 11.5 Å². The van der Waals surface area contributed by atoms with Gasteiger partial charge < -0.3 is 20.5 Å². The lowest BCUT2D eigenvalue weighted by atomic mass is 10.2. The van der Waals surface area contributed by atoms with Crippen molar-refractivity contribution in [2.75, 3.05) is 24.3 Å². The third-order valence-electron chi connectivity index (χ3n) is 2.50. The molecule has 3 rings (SSSR count). The van der Waals surface area contributed by atoms with Gasteiger partial charge in [-0.2, -0.15) is 0 Å². The molecule has 0 unspecified atom stereocenters. The van der Waals surface area contributed by atoms with Gasteiger partial charge in [-0.25, -0.2) is 9.97 Å². The van der Waals surface area contributed by atoms with Gasteiger partial charge in [0, 0.05) is 17.8 Å². The standard InChI is InChI=1S/C12H12N4O2/c13-11-6-12(15-7-14-11)16-8-1-2-9-10(5-8)18-4-3-17-9/h1-2,5-7H,3-4H2,(H3,13,14,15,16). The van der Waals surface area contributed by atoms with Crippen LogP contribution >= 0.6 is 0 Å². The second-order valence-electron chi connectivity index (χ2n) is 3.81. The highest BCUT2D eigenvalue weighted by atomic mass is 16.6. The lowest BCUT2D eigenvalue weighted by molar-refractivity contribution is 0.171. The first kappa shape index (κ1) is 10.6. The second-order valence-corrected chi connectivity index (χ2v) is 3.81. The molecule has 0 aliphatic carbocycles. The van der Waals surface area contributed by atoms with E-state index in [-0.39, 0.29) is 0 Å². The number of fused-ring (bicyclic) bond motifs is 1. The van der Waals surface area contributed by atoms with Gasteiger partial charge >= 0.3 is 0 Å². The molecule has 3 N–H and O–H groups in total. The van der Waals surface area contributed by atoms with Gasteiger partial charge in [-0.05, 0) is 12.1 Å². The molecule has 2 heterocycles. The Morgan fingerprint density at radius 3 is 2.72 bits per heavy atom. The number of nitrogens with zero attached hydrogens (tertiary/aromatic N) is 2. The average molecular weight is 244 g/mol. The van der Waals surface area contributed by atoms with E-state index in [4.69, 9.17) is 15.2 Å². The summed E-state index contributed by atoms with van der Waals surface area (Å²) in [7, 11) is 0. The number of aromatic nitrogens is 2. The summed E-state index contributed by atoms with van der Waals surface area (Å²) in [6, 6.07) is 7.29. The average Bonchev–Trinajstić information content (AvgIpc) is 2.39. The Morgan fingerprint density at radius 1 is 1.06 bits per heavy atom. The van der Waals surface area contributed by atoms with E-state index in [0.717, 1.165) is 17.2 Å². The maximum atomic E-state index is 5.59. The zero-order valence-electron chi connectivity index (χ0n) is 9.59. The summed E-state index contributed by atoms with van der Waals surface area (Å²) < 4.78 is 11.0. The van der Waals surface area contributed by atoms with Crippen molar-refractivity contribution in [1.82, 2.24) is 9.97 Å². The van der Waals surface area contributed by atoms with Gasteiger partial charge in [0.25, 0.3) is 0 Å². The number of nitrogens with one attached hydrogen (secondary N) is 1. The molecule has 0 bridgehead atoms. The van der Waals surface area contributed by atoms with Crippen LogP contribution in [0.25, 0.3) is 0 Å². The zero-order valence-corrected chi connectivity index (χ0v) is 9.59. The van der Waals surface area contributed by atoms with Gasteiger partial charge in [-0.1, -0.05) is 0 Å². The minimum absolute atomic E-state index is 0.421. The van der Waals surface area contributed by atoms with E-state index in [1.165, 1.54) is 6.33 Å². The maximum absolute atomic E-state index is 5.59. The highest BCUT2D eigenvalue weighted by molar-refractivity contribution is 5.62. The first-order chi connectivity index (χ1) is 8.81. The van der Waals surface area contributed by atoms with Gasteiger partial charge in [0.2, 0.25) is 0 Å². The fourth-order valence-electron chi connectivity index (χ4n) is 1.71. The normalized spacial score (nSPS) is 13.1. The van der Waals surface area contributed by atoms with Crippen LogP contribution in [0, 0.1) is 0 Å². The quantitative estimate of drug-likeness (QED) is 0.834. The molecular weight excluding hydrogens is 232 g/mol. The molecule has 1 aromatic heterocycles. The van der Waals surface area contributed by atoms with E-state index in [2.05, 4.69) is 15.3 Å². The predicted molar refractivity (Wildman–Crippen MR) is 67.2 cm³/mol. The largest absolute Gasteiger partial charge is 0.486 e. The van der Waals surface area contributed by atoms with E-state index < -0.39 is 0 Å². The fraction of sp³-hybridized carbons (Fsp3) is 0.167. The van der Waals surface area contributed by atoms with Crippen LogP contribution in [-0.4, -0.2) is 23.2 Å². The van der Waals surface area contributed by atoms with Crippen LogP contribution in [0.3, 0.4) is 0 Å². The van der Waals surface area contributed by atoms with E-state index in [1.807, 2.05) is 18.2 Å². The first-order valence-electron chi connectivity index (χ1n) is 5.55. The van der Waals surface area contributed by atoms with Crippen LogP contribution in [-0.2, 0) is 0 Å². The van der Waals surface area contributed by atoms with Crippen molar-refractivity contribution < 1.29 is 9.47 Å². The summed E-state index contributed by atoms with van der Waals surface area (Å²) in [6.07, 6.45) is 1.41. The first-order valence-corrected chi connectivity index (χ1v) is 5.55. The Bertz CT molecular complexity index is 574. The number of nitrogen functional groups attached to an aromatic ring is 1. The molecule has 92 valence electrons. The molecule has 1 aromatic carbocycles. The minimum atomic E-state index is 0.421. The predicted octanol–water partition coefficient (Wildman–Crippen LogP) is 1.57. The fourth-order valence-corrected chi connectivity index (χ4v) is 1.71. The van der Waals surface area contributed by atoms with Gasteiger partial charge in [-0.3, -0.25) is 0 Å². The molecule has 0 saturated carbocycles. The van der Waals surface area contributed by atoms with Crippen LogP contribution in [0.4, 0.5) is 17.3 Å². The summed E-state index contributed by atoms with van der Waals surface area (Å²) >= 11 is 0. The van der Waals surface area contributed by atoms with E-state index in [9.17, 15) is 0 Å². The van der Waals surface area contributed by atoms with Crippen LogP contribution in [0.1, 0.15) is 0 Å². The summed E-state index contributed by atoms with van der Waals surface area (Å²) in [4.78, 5) is 7.91. The monoisotopic (exact) mass is 244 g/mol. The van der Waals surface area contributed by atoms with Crippen molar-refractivity contribution in [3.05, 3.63) is 30.6 Å². The number of rotatable bonds is 2. The zero-order chi connectivity index (χ0) is 12.4. The molecule has 0 atom stereocenters. The number of hydrogen-bond acceptors (Lipinski definition) is 6. The lowest BCUT2D eigenvalue weighted by Gasteiger charge is -2.19. The summed E-state index contributed by atoms with van der Waals surface area (Å²) in [5.41, 5.74) is 6.45. The molecule has 18 heavy (non-hydrogen) atoms. The molecule has 0 spiro atoms. The van der Waals surface area contributed by atoms with Crippen molar-refractivity contribution in [3.8, 4) is 11.5 Å². The van der Waals surface area contributed by atoms with Crippen LogP contribution < -0.4 is 20.5 Å². The Hall–Kier alpha value is -2.50. The van der Waals surface area contributed by atoms with Crippen molar-refractivity contribution in [1.29, 1.82) is 0 Å². The van der Waals surface area contributed by atoms with E-state index in [1.54, 1.807) is 6.07 Å². The number of anilines is 3. The highest BCUT2D eigenvalue weighted by Gasteiger charge is 2.11. The third-order valence-corrected chi connectivity index (χ3v) is 2.50. The number of ether oxygens (including phenoxy) is 2. The molecular formula is C12H12N4O2. The van der Waals surface area contributed by atoms with Crippen LogP contribution in [0.15, 0.2) is 30.6 Å². The van der Waals surface area contributed by atoms with E-state index >= 15 is 0 Å². The molecule has 6 heteroatoms. The van der Waals surface area contributed by atoms with E-state index in [0.29, 0.717) is 24.8 Å². The molecule has 2 aromatic rings. The molecule has 1 aliphatic rings. The maximum Gasteiger partial charge on any atom is 0.163 e. The number of hydrogen-bond donors (Lipinski definition) is 2. The van der Waals surface area contributed by atoms with Crippen molar-refractivity contribution in [3.63, 3.8) is 0 Å². The summed E-state index contributed by atoms with van der Waals surface area (Å²) in [6.45, 7) is 1.15. The number of benzene rings is 1. The molecule has 0 radical (unpaired) electrons. The smallest absolute Gasteiger partial charge is 0.163 e. The summed E-state index contributed by atoms with van der Waals surface area (Å²) in [5, 5.41) is 3.13. The Morgan fingerprint density at radius 2 is 1.89 bits per heavy atom. The third kappa shape index (κ3) is 2.13. The molecule has 0 saturated heterocycles. The number of nitrogens with two attached hydrogens (primary N) is 1. The van der Waals surface area contributed by atoms with Crippen molar-refractivity contribution in [2.45, 2.75) is 0 Å². The molecule has 0 amide bonds. The van der Waals surface area contributed by atoms with Crippen molar-refractivity contribution in [2.24, 2.45) is 0 Å². The minimum Gasteiger partial charge on any atom is -0.486 e. The Balaban J connectivity index is 1.85. The summed E-state index contributed by atoms with van der Waals surface area (Å²) in [5.74, 6) is 2.55. The Labute approximate surface area is 104 Å². The molecule has 1 aliphatic heterocycles. The topological polar surface area (TPSA) is 82.3 Å². The molecule has 6 nitrogen and oxygen atoms in total. The van der Waals surface area contributed by atoms with Crippen molar-refractivity contribution >= 4 is 17.3 Å². The molecule has 0 fully saturated rings. The van der Waals surface area contributed by atoms with Crippen LogP contribution in [0.2, 0.25) is 0 Å². The lowest BCUT2D eigenvalue weighted by Crippen LogP contribution is -2.15. The van der Waals surface area contributed by atoms with Gasteiger partial charge in [0.15, 0.2) is 11.5 Å². The van der Waals surface area contributed by atoms with Gasteiger partial charge in [-0.15, -0.1) is 0 Å². The van der Waals surface area contributed by atoms with Gasteiger partial charge in [0.1, 0.15) is 31.2 Å². The Kier molecular flexibility index (Phi) is 2.60. The SMILES string of the molecule is Nc1cc(Nc2ccc3c(c2)OCCO3)ncn1.